The van der Waals surface area contributed by atoms with E-state index in [-0.39, 0.29) is 5.82 Å². The Morgan fingerprint density at radius 1 is 1.38 bits per heavy atom. The predicted octanol–water partition coefficient (Wildman–Crippen LogP) is 1.85. The van der Waals surface area contributed by atoms with Crippen LogP contribution in [0.3, 0.4) is 0 Å². The van der Waals surface area contributed by atoms with Crippen molar-refractivity contribution in [3.8, 4) is 0 Å². The number of anilines is 1. The zero-order chi connectivity index (χ0) is 9.68. The molecule has 13 heavy (non-hydrogen) atoms. The molecular weight excluding hydrogens is 187 g/mol. The molecule has 4 heteroatoms. The van der Waals surface area contributed by atoms with E-state index in [1.54, 1.807) is 17.8 Å². The van der Waals surface area contributed by atoms with Crippen molar-refractivity contribution in [3.05, 3.63) is 24.0 Å². The van der Waals surface area contributed by atoms with Crippen LogP contribution in [-0.2, 0) is 0 Å². The minimum Gasteiger partial charge on any atom is -0.398 e. The third-order valence-corrected chi connectivity index (χ3v) is 2.74. The molecule has 0 saturated heterocycles. The lowest BCUT2D eigenvalue weighted by molar-refractivity contribution is 0.624. The van der Waals surface area contributed by atoms with Gasteiger partial charge >= 0.3 is 0 Å². The monoisotopic (exact) mass is 200 g/mol. The normalized spacial score (nSPS) is 10.3. The molecule has 2 nitrogen and oxygen atoms in total. The third kappa shape index (κ3) is 3.24. The number of benzene rings is 1. The Kier molecular flexibility index (Phi) is 4.05. The zero-order valence-electron chi connectivity index (χ0n) is 7.29. The van der Waals surface area contributed by atoms with Crippen LogP contribution in [0, 0.1) is 5.82 Å². The fourth-order valence-corrected chi connectivity index (χ4v) is 1.86. The maximum atomic E-state index is 12.8. The van der Waals surface area contributed by atoms with Gasteiger partial charge in [-0.3, -0.25) is 0 Å². The molecule has 0 aliphatic carbocycles. The molecule has 0 saturated carbocycles. The summed E-state index contributed by atoms with van der Waals surface area (Å²) in [6.45, 7) is 0.655. The van der Waals surface area contributed by atoms with Crippen LogP contribution >= 0.6 is 11.8 Å². The van der Waals surface area contributed by atoms with E-state index < -0.39 is 0 Å². The van der Waals surface area contributed by atoms with Crippen LogP contribution in [0.25, 0.3) is 0 Å². The van der Waals surface area contributed by atoms with E-state index in [1.807, 2.05) is 0 Å². The van der Waals surface area contributed by atoms with Gasteiger partial charge in [-0.05, 0) is 36.9 Å². The Morgan fingerprint density at radius 2 is 2.15 bits per heavy atom. The van der Waals surface area contributed by atoms with E-state index in [4.69, 9.17) is 11.5 Å². The summed E-state index contributed by atoms with van der Waals surface area (Å²) in [4.78, 5) is 0.799. The Labute approximate surface area is 81.5 Å². The van der Waals surface area contributed by atoms with Gasteiger partial charge in [0.1, 0.15) is 5.82 Å². The largest absolute Gasteiger partial charge is 0.398 e. The minimum absolute atomic E-state index is 0.246. The molecule has 0 atom stereocenters. The fraction of sp³-hybridized carbons (Fsp3) is 0.333. The molecule has 0 aromatic heterocycles. The summed E-state index contributed by atoms with van der Waals surface area (Å²) in [6, 6.07) is 4.40. The van der Waals surface area contributed by atoms with Gasteiger partial charge in [0.25, 0.3) is 0 Å². The number of halogens is 1. The van der Waals surface area contributed by atoms with Crippen molar-refractivity contribution in [2.75, 3.05) is 18.0 Å². The summed E-state index contributed by atoms with van der Waals surface area (Å²) >= 11 is 1.54. The van der Waals surface area contributed by atoms with Crippen LogP contribution < -0.4 is 11.5 Å². The highest BCUT2D eigenvalue weighted by Gasteiger charge is 2.00. The number of rotatable bonds is 4. The van der Waals surface area contributed by atoms with Gasteiger partial charge < -0.3 is 11.5 Å². The first-order valence-corrected chi connectivity index (χ1v) is 5.10. The van der Waals surface area contributed by atoms with Crippen molar-refractivity contribution in [2.45, 2.75) is 11.3 Å². The summed E-state index contributed by atoms with van der Waals surface area (Å²) in [7, 11) is 0. The van der Waals surface area contributed by atoms with Gasteiger partial charge in [0.05, 0.1) is 0 Å². The van der Waals surface area contributed by atoms with Crippen LogP contribution in [0.1, 0.15) is 6.42 Å². The second kappa shape index (κ2) is 5.09. The summed E-state index contributed by atoms with van der Waals surface area (Å²) in [5.74, 6) is 0.633. The molecule has 1 rings (SSSR count). The summed E-state index contributed by atoms with van der Waals surface area (Å²) in [5.41, 5.74) is 11.6. The summed E-state index contributed by atoms with van der Waals surface area (Å²) in [6.07, 6.45) is 0.917. The highest BCUT2D eigenvalue weighted by atomic mass is 32.2. The second-order valence-electron chi connectivity index (χ2n) is 2.67. The molecule has 0 aliphatic heterocycles. The smallest absolute Gasteiger partial charge is 0.124 e. The van der Waals surface area contributed by atoms with Gasteiger partial charge in [0.15, 0.2) is 0 Å². The second-order valence-corrected chi connectivity index (χ2v) is 3.81. The van der Waals surface area contributed by atoms with Crippen molar-refractivity contribution in [3.63, 3.8) is 0 Å². The lowest BCUT2D eigenvalue weighted by Gasteiger charge is -2.04. The first kappa shape index (κ1) is 10.3. The van der Waals surface area contributed by atoms with E-state index >= 15 is 0 Å². The molecule has 0 fully saturated rings. The summed E-state index contributed by atoms with van der Waals surface area (Å²) in [5, 5.41) is 0. The van der Waals surface area contributed by atoms with Gasteiger partial charge in [-0.2, -0.15) is 0 Å². The molecule has 1 aromatic carbocycles. The van der Waals surface area contributed by atoms with Crippen LogP contribution in [0.2, 0.25) is 0 Å². The number of thioether (sulfide) groups is 1. The van der Waals surface area contributed by atoms with Gasteiger partial charge in [-0.1, -0.05) is 0 Å². The highest BCUT2D eigenvalue weighted by molar-refractivity contribution is 7.99. The quantitative estimate of drug-likeness (QED) is 0.443. The van der Waals surface area contributed by atoms with Gasteiger partial charge in [0.2, 0.25) is 0 Å². The molecule has 72 valence electrons. The molecular formula is C9H13FN2S. The Bertz CT molecular complexity index is 278. The van der Waals surface area contributed by atoms with Crippen LogP contribution in [0.4, 0.5) is 10.1 Å². The van der Waals surface area contributed by atoms with Crippen molar-refractivity contribution in [1.29, 1.82) is 0 Å². The maximum Gasteiger partial charge on any atom is 0.124 e. The Balaban J connectivity index is 2.59. The first-order valence-electron chi connectivity index (χ1n) is 4.12. The van der Waals surface area contributed by atoms with E-state index in [0.29, 0.717) is 12.2 Å². The molecule has 0 radical (unpaired) electrons. The van der Waals surface area contributed by atoms with Gasteiger partial charge in [-0.15, -0.1) is 11.8 Å². The van der Waals surface area contributed by atoms with Crippen LogP contribution in [0.5, 0.6) is 0 Å². The molecule has 4 N–H and O–H groups in total. The fourth-order valence-electron chi connectivity index (χ4n) is 0.899. The lowest BCUT2D eigenvalue weighted by atomic mass is 10.3. The molecule has 0 aliphatic rings. The van der Waals surface area contributed by atoms with Crippen molar-refractivity contribution < 1.29 is 4.39 Å². The van der Waals surface area contributed by atoms with E-state index in [1.165, 1.54) is 12.1 Å². The predicted molar refractivity (Wildman–Crippen MR) is 55.2 cm³/mol. The first-order chi connectivity index (χ1) is 6.24. The minimum atomic E-state index is -0.246. The molecule has 0 unspecified atom stereocenters. The molecule has 0 heterocycles. The van der Waals surface area contributed by atoms with E-state index in [2.05, 4.69) is 0 Å². The SMILES string of the molecule is NCCCSc1cc(F)ccc1N. The average Bonchev–Trinajstić information content (AvgIpc) is 2.11. The lowest BCUT2D eigenvalue weighted by Crippen LogP contribution is -1.99. The van der Waals surface area contributed by atoms with E-state index in [9.17, 15) is 4.39 Å². The van der Waals surface area contributed by atoms with Gasteiger partial charge in [-0.25, -0.2) is 4.39 Å². The zero-order valence-corrected chi connectivity index (χ0v) is 8.11. The molecule has 0 amide bonds. The molecule has 0 spiro atoms. The van der Waals surface area contributed by atoms with Crippen molar-refractivity contribution >= 4 is 17.4 Å². The molecule has 1 aromatic rings. The highest BCUT2D eigenvalue weighted by Crippen LogP contribution is 2.25. The molecule has 0 bridgehead atoms. The summed E-state index contributed by atoms with van der Waals surface area (Å²) < 4.78 is 12.8. The number of hydrogen-bond acceptors (Lipinski definition) is 3. The average molecular weight is 200 g/mol. The topological polar surface area (TPSA) is 52.0 Å². The van der Waals surface area contributed by atoms with E-state index in [0.717, 1.165) is 17.1 Å². The Morgan fingerprint density at radius 3 is 2.85 bits per heavy atom. The number of hydrogen-bond donors (Lipinski definition) is 2. The van der Waals surface area contributed by atoms with Crippen LogP contribution in [-0.4, -0.2) is 12.3 Å². The Hall–Kier alpha value is -0.740. The van der Waals surface area contributed by atoms with Crippen LogP contribution in [0.15, 0.2) is 23.1 Å². The number of nitrogen functional groups attached to an aromatic ring is 1. The standard InChI is InChI=1S/C9H13FN2S/c10-7-2-3-8(12)9(6-7)13-5-1-4-11/h2-3,6H,1,4-5,11-12H2. The van der Waals surface area contributed by atoms with Gasteiger partial charge in [0, 0.05) is 10.6 Å². The van der Waals surface area contributed by atoms with Crippen molar-refractivity contribution in [2.24, 2.45) is 5.73 Å². The third-order valence-electron chi connectivity index (χ3n) is 1.58. The van der Waals surface area contributed by atoms with Crippen molar-refractivity contribution in [1.82, 2.24) is 0 Å². The maximum absolute atomic E-state index is 12.8. The number of nitrogens with two attached hydrogens (primary N) is 2.